The van der Waals surface area contributed by atoms with Crippen LogP contribution in [0.25, 0.3) is 22.3 Å². The Morgan fingerprint density at radius 2 is 1.23 bits per heavy atom. The van der Waals surface area contributed by atoms with Crippen molar-refractivity contribution in [1.29, 1.82) is 0 Å². The van der Waals surface area contributed by atoms with Gasteiger partial charge in [0.25, 0.3) is 0 Å². The van der Waals surface area contributed by atoms with Gasteiger partial charge in [0.15, 0.2) is 16.8 Å². The van der Waals surface area contributed by atoms with Crippen LogP contribution in [0.4, 0.5) is 8.78 Å². The molecule has 174 valence electrons. The van der Waals surface area contributed by atoms with Crippen molar-refractivity contribution in [3.8, 4) is 22.8 Å². The van der Waals surface area contributed by atoms with Crippen LogP contribution in [0.1, 0.15) is 0 Å². The molecule has 0 amide bonds. The van der Waals surface area contributed by atoms with Crippen LogP contribution < -0.4 is 5.43 Å². The first-order chi connectivity index (χ1) is 16.9. The van der Waals surface area contributed by atoms with E-state index >= 15 is 0 Å². The van der Waals surface area contributed by atoms with Crippen LogP contribution in [0.2, 0.25) is 0 Å². The molecule has 8 heteroatoms. The second-order valence-corrected chi connectivity index (χ2v) is 9.68. The molecule has 2 N–H and O–H groups in total. The third-order valence-electron chi connectivity index (χ3n) is 5.16. The van der Waals surface area contributed by atoms with E-state index in [2.05, 4.69) is 0 Å². The van der Waals surface area contributed by atoms with Crippen molar-refractivity contribution < 1.29 is 23.4 Å². The SMILES string of the molecule is O=c1cc(-c2ccccc2)oc2c(Sc3ccc(F)cc3)c(O)c(Sc3ccc(F)cc3)c(O)c12. The largest absolute Gasteiger partial charge is 0.506 e. The van der Waals surface area contributed by atoms with Crippen molar-refractivity contribution in [2.75, 3.05) is 0 Å². The second kappa shape index (κ2) is 9.48. The van der Waals surface area contributed by atoms with Gasteiger partial charge in [0.2, 0.25) is 0 Å². The minimum Gasteiger partial charge on any atom is -0.506 e. The van der Waals surface area contributed by atoms with Gasteiger partial charge in [0, 0.05) is 21.4 Å². The van der Waals surface area contributed by atoms with Crippen molar-refractivity contribution in [2.24, 2.45) is 0 Å². The molecule has 5 aromatic rings. The summed E-state index contributed by atoms with van der Waals surface area (Å²) in [5.74, 6) is -1.33. The number of hydrogen-bond donors (Lipinski definition) is 2. The molecule has 0 unspecified atom stereocenters. The molecule has 1 aromatic heterocycles. The van der Waals surface area contributed by atoms with E-state index in [-0.39, 0.29) is 32.3 Å². The van der Waals surface area contributed by atoms with Gasteiger partial charge in [-0.1, -0.05) is 53.9 Å². The molecular weight excluding hydrogens is 490 g/mol. The van der Waals surface area contributed by atoms with Crippen molar-refractivity contribution >= 4 is 34.5 Å². The van der Waals surface area contributed by atoms with E-state index in [0.29, 0.717) is 15.4 Å². The fraction of sp³-hybridized carbons (Fsp3) is 0. The molecule has 5 rings (SSSR count). The van der Waals surface area contributed by atoms with Gasteiger partial charge in [0.05, 0.1) is 9.79 Å². The summed E-state index contributed by atoms with van der Waals surface area (Å²) in [5.41, 5.74) is 0.154. The zero-order valence-corrected chi connectivity index (χ0v) is 19.5. The first kappa shape index (κ1) is 23.0. The molecule has 4 aromatic carbocycles. The number of halogens is 2. The monoisotopic (exact) mass is 506 g/mol. The van der Waals surface area contributed by atoms with E-state index in [9.17, 15) is 23.8 Å². The summed E-state index contributed by atoms with van der Waals surface area (Å²) in [7, 11) is 0. The number of aromatic hydroxyl groups is 2. The Morgan fingerprint density at radius 1 is 0.686 bits per heavy atom. The van der Waals surface area contributed by atoms with E-state index in [0.717, 1.165) is 23.5 Å². The zero-order valence-electron chi connectivity index (χ0n) is 17.9. The van der Waals surface area contributed by atoms with Crippen LogP contribution >= 0.6 is 23.5 Å². The van der Waals surface area contributed by atoms with E-state index in [4.69, 9.17) is 4.42 Å². The molecule has 0 saturated heterocycles. The van der Waals surface area contributed by atoms with Gasteiger partial charge in [-0.25, -0.2) is 8.78 Å². The normalized spacial score (nSPS) is 11.1. The minimum atomic E-state index is -0.496. The maximum Gasteiger partial charge on any atom is 0.197 e. The molecule has 0 fully saturated rings. The summed E-state index contributed by atoms with van der Waals surface area (Å²) in [5, 5.41) is 22.2. The van der Waals surface area contributed by atoms with E-state index in [1.807, 2.05) is 6.07 Å². The van der Waals surface area contributed by atoms with Gasteiger partial charge in [-0.05, 0) is 48.5 Å². The standard InChI is InChI=1S/C27H16F2O4S2/c28-16-6-10-18(11-7-16)34-26-23(31)22-20(30)14-21(15-4-2-1-3-5-15)33-25(22)27(24(26)32)35-19-12-8-17(29)9-13-19/h1-14,31-32H. The second-order valence-electron chi connectivity index (χ2n) is 7.51. The molecule has 0 aliphatic heterocycles. The number of benzene rings is 4. The van der Waals surface area contributed by atoms with Crippen molar-refractivity contribution in [2.45, 2.75) is 19.6 Å². The van der Waals surface area contributed by atoms with Crippen molar-refractivity contribution in [3.05, 3.63) is 107 Å². The zero-order chi connectivity index (χ0) is 24.5. The number of hydrogen-bond acceptors (Lipinski definition) is 6. The lowest BCUT2D eigenvalue weighted by Crippen LogP contribution is -2.03. The summed E-state index contributed by atoms with van der Waals surface area (Å²) in [6, 6.07) is 21.4. The highest BCUT2D eigenvalue weighted by Crippen LogP contribution is 2.51. The van der Waals surface area contributed by atoms with Crippen LogP contribution in [0.3, 0.4) is 0 Å². The van der Waals surface area contributed by atoms with Gasteiger partial charge in [-0.15, -0.1) is 0 Å². The Labute approximate surface area is 206 Å². The molecule has 35 heavy (non-hydrogen) atoms. The molecule has 0 saturated carbocycles. The number of phenolic OH excluding ortho intramolecular Hbond substituents is 2. The first-order valence-corrected chi connectivity index (χ1v) is 12.0. The summed E-state index contributed by atoms with van der Waals surface area (Å²) < 4.78 is 32.9. The summed E-state index contributed by atoms with van der Waals surface area (Å²) >= 11 is 2.05. The van der Waals surface area contributed by atoms with E-state index in [1.165, 1.54) is 54.6 Å². The molecular formula is C27H16F2O4S2. The highest BCUT2D eigenvalue weighted by Gasteiger charge is 2.25. The quantitative estimate of drug-likeness (QED) is 0.258. The number of fused-ring (bicyclic) bond motifs is 1. The Morgan fingerprint density at radius 3 is 1.80 bits per heavy atom. The van der Waals surface area contributed by atoms with Crippen LogP contribution in [-0.4, -0.2) is 10.2 Å². The maximum atomic E-state index is 13.5. The van der Waals surface area contributed by atoms with Gasteiger partial charge in [0.1, 0.15) is 28.5 Å². The minimum absolute atomic E-state index is 0.00383. The molecule has 0 aliphatic carbocycles. The Bertz CT molecular complexity index is 1580. The summed E-state index contributed by atoms with van der Waals surface area (Å²) in [6.45, 7) is 0. The Balaban J connectivity index is 1.75. The highest BCUT2D eigenvalue weighted by molar-refractivity contribution is 8.00. The van der Waals surface area contributed by atoms with Gasteiger partial charge in [-0.3, -0.25) is 4.79 Å². The van der Waals surface area contributed by atoms with Crippen molar-refractivity contribution in [1.82, 2.24) is 0 Å². The highest BCUT2D eigenvalue weighted by atomic mass is 32.2. The average Bonchev–Trinajstić information content (AvgIpc) is 2.87. The lowest BCUT2D eigenvalue weighted by Gasteiger charge is -2.15. The molecule has 0 radical (unpaired) electrons. The molecule has 0 atom stereocenters. The molecule has 1 heterocycles. The first-order valence-electron chi connectivity index (χ1n) is 10.4. The Hall–Kier alpha value is -3.75. The smallest absolute Gasteiger partial charge is 0.197 e. The number of rotatable bonds is 5. The summed E-state index contributed by atoms with van der Waals surface area (Å²) in [4.78, 5) is 14.5. The van der Waals surface area contributed by atoms with E-state index < -0.39 is 22.8 Å². The van der Waals surface area contributed by atoms with Gasteiger partial charge in [-0.2, -0.15) is 0 Å². The van der Waals surface area contributed by atoms with Crippen LogP contribution in [-0.2, 0) is 0 Å². The van der Waals surface area contributed by atoms with E-state index in [1.54, 1.807) is 24.3 Å². The average molecular weight is 507 g/mol. The van der Waals surface area contributed by atoms with Crippen LogP contribution in [0, 0.1) is 11.6 Å². The molecule has 0 bridgehead atoms. The molecule has 4 nitrogen and oxygen atoms in total. The van der Waals surface area contributed by atoms with Gasteiger partial charge < -0.3 is 14.6 Å². The fourth-order valence-corrected chi connectivity index (χ4v) is 5.40. The predicted octanol–water partition coefficient (Wildman–Crippen LogP) is 7.45. The van der Waals surface area contributed by atoms with Crippen LogP contribution in [0.5, 0.6) is 11.5 Å². The third kappa shape index (κ3) is 4.62. The van der Waals surface area contributed by atoms with Crippen LogP contribution in [0.15, 0.2) is 114 Å². The predicted molar refractivity (Wildman–Crippen MR) is 132 cm³/mol. The summed E-state index contributed by atoms with van der Waals surface area (Å²) in [6.07, 6.45) is 0. The maximum absolute atomic E-state index is 13.5. The molecule has 0 spiro atoms. The third-order valence-corrected chi connectivity index (χ3v) is 7.35. The molecule has 0 aliphatic rings. The van der Waals surface area contributed by atoms with Crippen molar-refractivity contribution in [3.63, 3.8) is 0 Å². The fourth-order valence-electron chi connectivity index (χ4n) is 3.49. The van der Waals surface area contributed by atoms with Gasteiger partial charge >= 0.3 is 0 Å². The lowest BCUT2D eigenvalue weighted by molar-refractivity contribution is 0.420. The lowest BCUT2D eigenvalue weighted by atomic mass is 10.1. The topological polar surface area (TPSA) is 70.7 Å². The number of phenols is 2. The Kier molecular flexibility index (Phi) is 6.23.